The van der Waals surface area contributed by atoms with Crippen molar-refractivity contribution in [2.75, 3.05) is 19.0 Å². The minimum Gasteiger partial charge on any atom is -0.467 e. The second-order valence-corrected chi connectivity index (χ2v) is 4.09. The average molecular weight is 270 g/mol. The molecule has 3 aromatic rings. The van der Waals surface area contributed by atoms with Gasteiger partial charge in [0.25, 0.3) is 5.95 Å². The predicted octanol–water partition coefficient (Wildman–Crippen LogP) is 1.65. The monoisotopic (exact) mass is 270 g/mol. The highest BCUT2D eigenvalue weighted by atomic mass is 16.5. The molecule has 2 aromatic heterocycles. The number of para-hydroxylation sites is 1. The van der Waals surface area contributed by atoms with E-state index in [1.807, 2.05) is 31.2 Å². The topological polar surface area (TPSA) is 77.8 Å². The van der Waals surface area contributed by atoms with Crippen LogP contribution in [0.2, 0.25) is 0 Å². The van der Waals surface area contributed by atoms with Gasteiger partial charge in [-0.15, -0.1) is 0 Å². The van der Waals surface area contributed by atoms with Crippen LogP contribution in [-0.2, 0) is 0 Å². The molecule has 2 heterocycles. The van der Waals surface area contributed by atoms with Crippen LogP contribution in [0.3, 0.4) is 0 Å². The van der Waals surface area contributed by atoms with E-state index in [1.54, 1.807) is 10.9 Å². The summed E-state index contributed by atoms with van der Waals surface area (Å²) < 4.78 is 6.78. The Morgan fingerprint density at radius 3 is 2.85 bits per heavy atom. The largest absolute Gasteiger partial charge is 0.467 e. The summed E-state index contributed by atoms with van der Waals surface area (Å²) in [5, 5.41) is 8.40. The third-order valence-corrected chi connectivity index (χ3v) is 2.79. The zero-order valence-corrected chi connectivity index (χ0v) is 11.2. The lowest BCUT2D eigenvalue weighted by atomic mass is 10.3. The summed E-state index contributed by atoms with van der Waals surface area (Å²) in [5.41, 5.74) is 0.934. The minimum absolute atomic E-state index is 0.255. The first-order chi connectivity index (χ1) is 9.81. The molecule has 0 fully saturated rings. The number of nitrogens with zero attached hydrogens (tertiary/aromatic N) is 5. The van der Waals surface area contributed by atoms with E-state index in [2.05, 4.69) is 25.4 Å². The van der Waals surface area contributed by atoms with Crippen molar-refractivity contribution in [1.82, 2.24) is 24.7 Å². The van der Waals surface area contributed by atoms with Gasteiger partial charge in [-0.1, -0.05) is 18.2 Å². The Labute approximate surface area is 115 Å². The standard InChI is InChI=1S/C13H14N6O/c1-3-14-11-16-12(18-13(17-11)20-2)19-10-7-5-4-6-9(10)8-15-19/h4-8H,3H2,1-2H3,(H,14,16,17,18). The van der Waals surface area contributed by atoms with Gasteiger partial charge >= 0.3 is 6.01 Å². The molecule has 102 valence electrons. The molecule has 0 aliphatic rings. The molecule has 0 saturated heterocycles. The minimum atomic E-state index is 0.255. The number of ether oxygens (including phenoxy) is 1. The summed E-state index contributed by atoms with van der Waals surface area (Å²) in [6.07, 6.45) is 1.78. The molecule has 0 bridgehead atoms. The lowest BCUT2D eigenvalue weighted by Gasteiger charge is -2.07. The number of anilines is 1. The first kappa shape index (κ1) is 12.3. The molecule has 1 N–H and O–H groups in total. The van der Waals surface area contributed by atoms with Crippen molar-refractivity contribution < 1.29 is 4.74 Å². The van der Waals surface area contributed by atoms with Gasteiger partial charge in [0.2, 0.25) is 5.95 Å². The highest BCUT2D eigenvalue weighted by Crippen LogP contribution is 2.17. The number of aromatic nitrogens is 5. The Hall–Kier alpha value is -2.70. The summed E-state index contributed by atoms with van der Waals surface area (Å²) in [5.74, 6) is 0.892. The highest BCUT2D eigenvalue weighted by Gasteiger charge is 2.11. The van der Waals surface area contributed by atoms with Gasteiger partial charge in [-0.25, -0.2) is 0 Å². The van der Waals surface area contributed by atoms with Crippen LogP contribution in [-0.4, -0.2) is 38.4 Å². The third-order valence-electron chi connectivity index (χ3n) is 2.79. The fraction of sp³-hybridized carbons (Fsp3) is 0.231. The van der Waals surface area contributed by atoms with Gasteiger partial charge in [-0.3, -0.25) is 0 Å². The summed E-state index contributed by atoms with van der Waals surface area (Å²) in [6, 6.07) is 8.12. The molecule has 0 radical (unpaired) electrons. The Morgan fingerprint density at radius 2 is 2.05 bits per heavy atom. The second-order valence-electron chi connectivity index (χ2n) is 4.09. The molecule has 0 aliphatic carbocycles. The molecule has 0 atom stereocenters. The zero-order valence-electron chi connectivity index (χ0n) is 11.2. The third kappa shape index (κ3) is 2.13. The molecular weight excluding hydrogens is 256 g/mol. The molecule has 7 heteroatoms. The summed E-state index contributed by atoms with van der Waals surface area (Å²) in [4.78, 5) is 12.7. The molecule has 7 nitrogen and oxygen atoms in total. The van der Waals surface area contributed by atoms with Crippen LogP contribution in [0.1, 0.15) is 6.92 Å². The van der Waals surface area contributed by atoms with Gasteiger partial charge in [0.15, 0.2) is 0 Å². The molecule has 0 spiro atoms. The van der Waals surface area contributed by atoms with E-state index in [4.69, 9.17) is 4.74 Å². The summed E-state index contributed by atoms with van der Waals surface area (Å²) in [7, 11) is 1.52. The summed E-state index contributed by atoms with van der Waals surface area (Å²) >= 11 is 0. The lowest BCUT2D eigenvalue weighted by Crippen LogP contribution is -2.10. The van der Waals surface area contributed by atoms with Crippen molar-refractivity contribution in [2.45, 2.75) is 6.92 Å². The van der Waals surface area contributed by atoms with Gasteiger partial charge in [0.1, 0.15) is 0 Å². The van der Waals surface area contributed by atoms with Crippen LogP contribution < -0.4 is 10.1 Å². The SMILES string of the molecule is CCNc1nc(OC)nc(-n2ncc3ccccc32)n1. The van der Waals surface area contributed by atoms with E-state index < -0.39 is 0 Å². The molecule has 0 amide bonds. The normalized spacial score (nSPS) is 10.7. The van der Waals surface area contributed by atoms with E-state index >= 15 is 0 Å². The van der Waals surface area contributed by atoms with Crippen molar-refractivity contribution in [1.29, 1.82) is 0 Å². The first-order valence-corrected chi connectivity index (χ1v) is 6.29. The highest BCUT2D eigenvalue weighted by molar-refractivity contribution is 5.79. The quantitative estimate of drug-likeness (QED) is 0.776. The fourth-order valence-corrected chi connectivity index (χ4v) is 1.90. The molecular formula is C13H14N6O. The molecule has 1 aromatic carbocycles. The van der Waals surface area contributed by atoms with E-state index in [1.165, 1.54) is 7.11 Å². The number of benzene rings is 1. The van der Waals surface area contributed by atoms with Crippen molar-refractivity contribution in [3.05, 3.63) is 30.5 Å². The Balaban J connectivity index is 2.15. The Bertz CT molecular complexity index is 739. The number of hydrogen-bond donors (Lipinski definition) is 1. The van der Waals surface area contributed by atoms with Crippen molar-refractivity contribution in [3.63, 3.8) is 0 Å². The van der Waals surface area contributed by atoms with Gasteiger partial charge < -0.3 is 10.1 Å². The summed E-state index contributed by atoms with van der Waals surface area (Å²) in [6.45, 7) is 2.69. The number of methoxy groups -OCH3 is 1. The smallest absolute Gasteiger partial charge is 0.322 e. The predicted molar refractivity (Wildman–Crippen MR) is 75.2 cm³/mol. The second kappa shape index (κ2) is 5.12. The van der Waals surface area contributed by atoms with Crippen LogP contribution in [0, 0.1) is 0 Å². The molecule has 20 heavy (non-hydrogen) atoms. The molecule has 0 aliphatic heterocycles. The lowest BCUT2D eigenvalue weighted by molar-refractivity contribution is 0.377. The molecule has 0 saturated carbocycles. The van der Waals surface area contributed by atoms with Gasteiger partial charge in [-0.05, 0) is 13.0 Å². The van der Waals surface area contributed by atoms with Gasteiger partial charge in [0.05, 0.1) is 18.8 Å². The van der Waals surface area contributed by atoms with Crippen molar-refractivity contribution in [3.8, 4) is 12.0 Å². The van der Waals surface area contributed by atoms with Crippen LogP contribution in [0.25, 0.3) is 16.9 Å². The maximum atomic E-state index is 5.11. The Morgan fingerprint density at radius 1 is 1.20 bits per heavy atom. The number of fused-ring (bicyclic) bond motifs is 1. The van der Waals surface area contributed by atoms with Gasteiger partial charge in [-0.2, -0.15) is 24.7 Å². The van der Waals surface area contributed by atoms with Crippen molar-refractivity contribution >= 4 is 16.9 Å². The van der Waals surface area contributed by atoms with Crippen LogP contribution in [0.15, 0.2) is 30.5 Å². The number of rotatable bonds is 4. The molecule has 0 unspecified atom stereocenters. The zero-order chi connectivity index (χ0) is 13.9. The average Bonchev–Trinajstić information content (AvgIpc) is 2.91. The van der Waals surface area contributed by atoms with E-state index in [9.17, 15) is 0 Å². The number of hydrogen-bond acceptors (Lipinski definition) is 6. The van der Waals surface area contributed by atoms with Crippen molar-refractivity contribution in [2.24, 2.45) is 0 Å². The van der Waals surface area contributed by atoms with E-state index in [0.717, 1.165) is 10.9 Å². The fourth-order valence-electron chi connectivity index (χ4n) is 1.90. The van der Waals surface area contributed by atoms with Crippen LogP contribution in [0.4, 0.5) is 5.95 Å². The van der Waals surface area contributed by atoms with Crippen LogP contribution in [0.5, 0.6) is 6.01 Å². The first-order valence-electron chi connectivity index (χ1n) is 6.29. The Kier molecular flexibility index (Phi) is 3.16. The van der Waals surface area contributed by atoms with E-state index in [0.29, 0.717) is 18.4 Å². The maximum Gasteiger partial charge on any atom is 0.322 e. The van der Waals surface area contributed by atoms with Gasteiger partial charge in [0, 0.05) is 11.9 Å². The van der Waals surface area contributed by atoms with Crippen LogP contribution >= 0.6 is 0 Å². The number of nitrogens with one attached hydrogen (secondary N) is 1. The maximum absolute atomic E-state index is 5.11. The van der Waals surface area contributed by atoms with E-state index in [-0.39, 0.29) is 6.01 Å². The molecule has 3 rings (SSSR count).